The van der Waals surface area contributed by atoms with Crippen LogP contribution in [0.1, 0.15) is 74.1 Å². The number of hydrogen-bond donors (Lipinski definition) is 1. The van der Waals surface area contributed by atoms with Gasteiger partial charge >= 0.3 is 0 Å². The fourth-order valence-electron chi connectivity index (χ4n) is 1.99. The third kappa shape index (κ3) is 6.52. The maximum Gasteiger partial charge on any atom is 0.00967 e. The van der Waals surface area contributed by atoms with Crippen LogP contribution in [0.4, 0.5) is 0 Å². The van der Waals surface area contributed by atoms with Gasteiger partial charge in [-0.3, -0.25) is 0 Å². The molecule has 0 aromatic rings. The summed E-state index contributed by atoms with van der Waals surface area (Å²) in [5, 5.41) is 3.69. The summed E-state index contributed by atoms with van der Waals surface area (Å²) < 4.78 is 0. The molecule has 0 aliphatic carbocycles. The lowest BCUT2D eigenvalue weighted by Crippen LogP contribution is -2.43. The first kappa shape index (κ1) is 16.0. The number of hydrogen-bond acceptors (Lipinski definition) is 1. The number of nitrogens with one attached hydrogen (secondary N) is 1. The molecule has 0 spiro atoms. The Balaban J connectivity index is 4.32. The standard InChI is InChI=1S/C15H33N/c1-8-15(9-2,11-10-13(3)4)12-16-14(5,6)7/h13,16H,8-12H2,1-7H3. The van der Waals surface area contributed by atoms with Gasteiger partial charge in [-0.15, -0.1) is 0 Å². The molecular weight excluding hydrogens is 194 g/mol. The van der Waals surface area contributed by atoms with E-state index >= 15 is 0 Å². The normalized spacial score (nSPS) is 13.5. The van der Waals surface area contributed by atoms with Crippen LogP contribution in [0.25, 0.3) is 0 Å². The molecule has 0 aliphatic heterocycles. The highest BCUT2D eigenvalue weighted by Gasteiger charge is 2.27. The van der Waals surface area contributed by atoms with Crippen molar-refractivity contribution in [2.24, 2.45) is 11.3 Å². The first-order chi connectivity index (χ1) is 7.24. The van der Waals surface area contributed by atoms with Crippen molar-refractivity contribution in [2.75, 3.05) is 6.54 Å². The van der Waals surface area contributed by atoms with E-state index in [0.717, 1.165) is 12.5 Å². The van der Waals surface area contributed by atoms with Crippen molar-refractivity contribution in [1.82, 2.24) is 5.32 Å². The minimum Gasteiger partial charge on any atom is -0.312 e. The van der Waals surface area contributed by atoms with Gasteiger partial charge in [0.15, 0.2) is 0 Å². The molecule has 1 nitrogen and oxygen atoms in total. The Bertz CT molecular complexity index is 172. The highest BCUT2D eigenvalue weighted by Crippen LogP contribution is 2.33. The van der Waals surface area contributed by atoms with Gasteiger partial charge < -0.3 is 5.32 Å². The zero-order valence-corrected chi connectivity index (χ0v) is 12.6. The van der Waals surface area contributed by atoms with Crippen LogP contribution in [0.15, 0.2) is 0 Å². The molecule has 0 bridgehead atoms. The molecule has 0 atom stereocenters. The van der Waals surface area contributed by atoms with E-state index in [4.69, 9.17) is 0 Å². The van der Waals surface area contributed by atoms with Crippen molar-refractivity contribution in [1.29, 1.82) is 0 Å². The monoisotopic (exact) mass is 227 g/mol. The second kappa shape index (κ2) is 6.64. The molecule has 0 amide bonds. The second-order valence-corrected chi connectivity index (χ2v) is 6.74. The fourth-order valence-corrected chi connectivity index (χ4v) is 1.99. The average Bonchev–Trinajstić information content (AvgIpc) is 2.18. The van der Waals surface area contributed by atoms with Crippen molar-refractivity contribution >= 4 is 0 Å². The summed E-state index contributed by atoms with van der Waals surface area (Å²) in [7, 11) is 0. The van der Waals surface area contributed by atoms with E-state index in [1.54, 1.807) is 0 Å². The van der Waals surface area contributed by atoms with Crippen LogP contribution in [-0.4, -0.2) is 12.1 Å². The van der Waals surface area contributed by atoms with Crippen molar-refractivity contribution in [2.45, 2.75) is 79.7 Å². The van der Waals surface area contributed by atoms with Crippen molar-refractivity contribution in [3.63, 3.8) is 0 Å². The molecule has 0 radical (unpaired) electrons. The minimum atomic E-state index is 0.243. The Morgan fingerprint density at radius 2 is 1.50 bits per heavy atom. The van der Waals surface area contributed by atoms with Gasteiger partial charge in [-0.05, 0) is 51.4 Å². The fraction of sp³-hybridized carbons (Fsp3) is 1.00. The van der Waals surface area contributed by atoms with Crippen LogP contribution in [-0.2, 0) is 0 Å². The highest BCUT2D eigenvalue weighted by molar-refractivity contribution is 4.83. The summed E-state index contributed by atoms with van der Waals surface area (Å²) in [4.78, 5) is 0. The van der Waals surface area contributed by atoms with E-state index in [1.165, 1.54) is 25.7 Å². The summed E-state index contributed by atoms with van der Waals surface area (Å²) >= 11 is 0. The first-order valence-corrected chi connectivity index (χ1v) is 6.99. The van der Waals surface area contributed by atoms with Gasteiger partial charge in [0.2, 0.25) is 0 Å². The Morgan fingerprint density at radius 1 is 1.00 bits per heavy atom. The van der Waals surface area contributed by atoms with E-state index in [1.807, 2.05) is 0 Å². The maximum absolute atomic E-state index is 3.69. The molecular formula is C15H33N. The summed E-state index contributed by atoms with van der Waals surface area (Å²) in [5.41, 5.74) is 0.755. The van der Waals surface area contributed by atoms with Gasteiger partial charge in [0.05, 0.1) is 0 Å². The SMILES string of the molecule is CCC(CC)(CCC(C)C)CNC(C)(C)C. The third-order valence-corrected chi connectivity index (χ3v) is 3.75. The summed E-state index contributed by atoms with van der Waals surface area (Å²) in [6.07, 6.45) is 5.30. The first-order valence-electron chi connectivity index (χ1n) is 6.99. The lowest BCUT2D eigenvalue weighted by Gasteiger charge is -2.36. The molecule has 0 aromatic carbocycles. The molecule has 0 unspecified atom stereocenters. The molecule has 0 saturated carbocycles. The summed E-state index contributed by atoms with van der Waals surface area (Å²) in [6.45, 7) is 17.3. The smallest absolute Gasteiger partial charge is 0.00967 e. The molecule has 98 valence electrons. The van der Waals surface area contributed by atoms with Crippen LogP contribution < -0.4 is 5.32 Å². The van der Waals surface area contributed by atoms with Crippen LogP contribution in [0.3, 0.4) is 0 Å². The lowest BCUT2D eigenvalue weighted by molar-refractivity contribution is 0.192. The Hall–Kier alpha value is -0.0400. The van der Waals surface area contributed by atoms with Gasteiger partial charge in [0.25, 0.3) is 0 Å². The van der Waals surface area contributed by atoms with E-state index in [9.17, 15) is 0 Å². The third-order valence-electron chi connectivity index (χ3n) is 3.75. The van der Waals surface area contributed by atoms with Crippen LogP contribution in [0, 0.1) is 11.3 Å². The van der Waals surface area contributed by atoms with Gasteiger partial charge in [-0.25, -0.2) is 0 Å². The Morgan fingerprint density at radius 3 is 1.81 bits per heavy atom. The molecule has 0 aromatic heterocycles. The molecule has 1 N–H and O–H groups in total. The average molecular weight is 227 g/mol. The zero-order valence-electron chi connectivity index (χ0n) is 12.6. The maximum atomic E-state index is 3.69. The van der Waals surface area contributed by atoms with Crippen molar-refractivity contribution in [3.05, 3.63) is 0 Å². The minimum absolute atomic E-state index is 0.243. The van der Waals surface area contributed by atoms with E-state index in [0.29, 0.717) is 5.41 Å². The van der Waals surface area contributed by atoms with Gasteiger partial charge in [-0.1, -0.05) is 34.1 Å². The van der Waals surface area contributed by atoms with Gasteiger partial charge in [0.1, 0.15) is 0 Å². The second-order valence-electron chi connectivity index (χ2n) is 6.74. The van der Waals surface area contributed by atoms with Gasteiger partial charge in [0, 0.05) is 12.1 Å². The largest absolute Gasteiger partial charge is 0.312 e. The molecule has 0 rings (SSSR count). The highest BCUT2D eigenvalue weighted by atomic mass is 15.0. The molecule has 1 heteroatoms. The predicted molar refractivity (Wildman–Crippen MR) is 74.8 cm³/mol. The summed E-state index contributed by atoms with van der Waals surface area (Å²) in [6, 6.07) is 0. The molecule has 0 fully saturated rings. The van der Waals surface area contributed by atoms with Crippen molar-refractivity contribution < 1.29 is 0 Å². The quantitative estimate of drug-likeness (QED) is 0.669. The predicted octanol–water partition coefficient (Wildman–Crippen LogP) is 4.62. The zero-order chi connectivity index (χ0) is 12.8. The Labute approximate surface area is 103 Å². The van der Waals surface area contributed by atoms with Crippen LogP contribution in [0.2, 0.25) is 0 Å². The topological polar surface area (TPSA) is 12.0 Å². The van der Waals surface area contributed by atoms with E-state index in [-0.39, 0.29) is 5.54 Å². The Kier molecular flexibility index (Phi) is 6.62. The van der Waals surface area contributed by atoms with Gasteiger partial charge in [-0.2, -0.15) is 0 Å². The van der Waals surface area contributed by atoms with Crippen molar-refractivity contribution in [3.8, 4) is 0 Å². The molecule has 16 heavy (non-hydrogen) atoms. The van der Waals surface area contributed by atoms with E-state index < -0.39 is 0 Å². The molecule has 0 saturated heterocycles. The van der Waals surface area contributed by atoms with Crippen LogP contribution in [0.5, 0.6) is 0 Å². The van der Waals surface area contributed by atoms with Crippen LogP contribution >= 0.6 is 0 Å². The molecule has 0 aliphatic rings. The number of rotatable bonds is 7. The summed E-state index contributed by atoms with van der Waals surface area (Å²) in [5.74, 6) is 0.826. The van der Waals surface area contributed by atoms with E-state index in [2.05, 4.69) is 53.8 Å². The lowest BCUT2D eigenvalue weighted by atomic mass is 9.76. The molecule has 0 heterocycles.